The van der Waals surface area contributed by atoms with Crippen molar-refractivity contribution in [1.82, 2.24) is 0 Å². The average Bonchev–Trinajstić information content (AvgIpc) is 2.19. The largest absolute Gasteiger partial charge is 0.298 e. The van der Waals surface area contributed by atoms with Gasteiger partial charge >= 0.3 is 0 Å². The highest BCUT2D eigenvalue weighted by Crippen LogP contribution is 2.08. The van der Waals surface area contributed by atoms with Crippen LogP contribution in [0.25, 0.3) is 0 Å². The maximum Gasteiger partial charge on any atom is 0.151 e. The van der Waals surface area contributed by atoms with Gasteiger partial charge in [0.25, 0.3) is 0 Å². The first-order valence-corrected chi connectivity index (χ1v) is 5.06. The van der Waals surface area contributed by atoms with Gasteiger partial charge < -0.3 is 0 Å². The number of benzene rings is 1. The fraction of sp³-hybridized carbons (Fsp3) is 0.250. The Morgan fingerprint density at radius 1 is 1.50 bits per heavy atom. The molecule has 0 aliphatic heterocycles. The van der Waals surface area contributed by atoms with Crippen LogP contribution in [0.5, 0.6) is 0 Å². The van der Waals surface area contributed by atoms with Gasteiger partial charge in [0.1, 0.15) is 0 Å². The van der Waals surface area contributed by atoms with E-state index in [9.17, 15) is 4.79 Å². The molecule has 0 N–H and O–H groups in total. The first-order valence-electron chi connectivity index (χ1n) is 4.43. The minimum Gasteiger partial charge on any atom is -0.298 e. The van der Waals surface area contributed by atoms with Crippen LogP contribution >= 0.6 is 12.6 Å². The summed E-state index contributed by atoms with van der Waals surface area (Å²) in [6.45, 7) is 1.98. The van der Waals surface area contributed by atoms with E-state index in [1.807, 2.05) is 19.1 Å². The summed E-state index contributed by atoms with van der Waals surface area (Å²) in [6, 6.07) is 5.63. The van der Waals surface area contributed by atoms with Crippen LogP contribution < -0.4 is 0 Å². The van der Waals surface area contributed by atoms with Gasteiger partial charge in [-0.1, -0.05) is 24.0 Å². The summed E-state index contributed by atoms with van der Waals surface area (Å²) in [5, 5.41) is 0. The summed E-state index contributed by atoms with van der Waals surface area (Å²) >= 11 is 4.06. The molecule has 0 bridgehead atoms. The lowest BCUT2D eigenvalue weighted by atomic mass is 10.1. The van der Waals surface area contributed by atoms with Crippen molar-refractivity contribution in [2.75, 3.05) is 5.75 Å². The molecule has 72 valence electrons. The fourth-order valence-electron chi connectivity index (χ4n) is 1.09. The quantitative estimate of drug-likeness (QED) is 0.445. The third kappa shape index (κ3) is 2.93. The molecule has 0 radical (unpaired) electrons. The van der Waals surface area contributed by atoms with Gasteiger partial charge in [0.05, 0.1) is 0 Å². The first-order chi connectivity index (χ1) is 6.77. The van der Waals surface area contributed by atoms with Crippen LogP contribution in [0, 0.1) is 18.8 Å². The molecule has 2 heteroatoms. The Morgan fingerprint density at radius 3 is 2.93 bits per heavy atom. The van der Waals surface area contributed by atoms with E-state index < -0.39 is 0 Å². The predicted molar refractivity (Wildman–Crippen MR) is 61.9 cm³/mol. The molecule has 0 aliphatic carbocycles. The molecule has 14 heavy (non-hydrogen) atoms. The van der Waals surface area contributed by atoms with Gasteiger partial charge in [0.15, 0.2) is 6.29 Å². The second-order valence-corrected chi connectivity index (χ2v) is 3.43. The summed E-state index contributed by atoms with van der Waals surface area (Å²) in [5.41, 5.74) is 2.58. The van der Waals surface area contributed by atoms with Gasteiger partial charge in [-0.15, -0.1) is 0 Å². The number of hydrogen-bond donors (Lipinski definition) is 1. The van der Waals surface area contributed by atoms with E-state index in [4.69, 9.17) is 0 Å². The molecule has 0 unspecified atom stereocenters. The Hall–Kier alpha value is -1.20. The van der Waals surface area contributed by atoms with E-state index in [0.29, 0.717) is 5.56 Å². The predicted octanol–water partition coefficient (Wildman–Crippen LogP) is 2.48. The summed E-state index contributed by atoms with van der Waals surface area (Å²) in [5.74, 6) is 6.69. The molecule has 1 rings (SSSR count). The van der Waals surface area contributed by atoms with Gasteiger partial charge in [-0.2, -0.15) is 12.6 Å². The molecule has 0 atom stereocenters. The highest BCUT2D eigenvalue weighted by Gasteiger charge is 1.97. The minimum atomic E-state index is 0.655. The molecule has 0 aliphatic rings. The summed E-state index contributed by atoms with van der Waals surface area (Å²) in [4.78, 5) is 10.7. The molecular formula is C12H12OS. The van der Waals surface area contributed by atoms with Crippen molar-refractivity contribution in [2.24, 2.45) is 0 Å². The fourth-order valence-corrected chi connectivity index (χ4v) is 1.21. The average molecular weight is 204 g/mol. The summed E-state index contributed by atoms with van der Waals surface area (Å²) < 4.78 is 0. The zero-order chi connectivity index (χ0) is 10.4. The van der Waals surface area contributed by atoms with E-state index in [1.54, 1.807) is 6.07 Å². The Balaban J connectivity index is 3.00. The van der Waals surface area contributed by atoms with Gasteiger partial charge in [-0.3, -0.25) is 4.79 Å². The van der Waals surface area contributed by atoms with Gasteiger partial charge in [0, 0.05) is 23.3 Å². The molecule has 0 aromatic heterocycles. The molecule has 1 aromatic carbocycles. The van der Waals surface area contributed by atoms with Crippen LogP contribution in [0.3, 0.4) is 0 Å². The van der Waals surface area contributed by atoms with Crippen LogP contribution in [0.4, 0.5) is 0 Å². The maximum atomic E-state index is 10.7. The lowest BCUT2D eigenvalue weighted by Gasteiger charge is -1.97. The highest BCUT2D eigenvalue weighted by atomic mass is 32.1. The van der Waals surface area contributed by atoms with Gasteiger partial charge in [-0.25, -0.2) is 0 Å². The molecule has 0 amide bonds. The number of thiol groups is 1. The molecule has 0 fully saturated rings. The SMILES string of the molecule is Cc1ccc(C=O)c(C#CCCS)c1. The molecule has 1 nitrogen and oxygen atoms in total. The zero-order valence-corrected chi connectivity index (χ0v) is 8.97. The molecule has 0 saturated carbocycles. The van der Waals surface area contributed by atoms with Crippen LogP contribution in [-0.4, -0.2) is 12.0 Å². The minimum absolute atomic E-state index is 0.655. The number of aldehydes is 1. The zero-order valence-electron chi connectivity index (χ0n) is 8.08. The van der Waals surface area contributed by atoms with Gasteiger partial charge in [-0.05, 0) is 18.6 Å². The van der Waals surface area contributed by atoms with Crippen molar-refractivity contribution in [1.29, 1.82) is 0 Å². The van der Waals surface area contributed by atoms with Crippen molar-refractivity contribution in [3.05, 3.63) is 34.9 Å². The molecule has 0 spiro atoms. The van der Waals surface area contributed by atoms with Crippen molar-refractivity contribution in [3.8, 4) is 11.8 Å². The third-order valence-corrected chi connectivity index (χ3v) is 2.02. The molecule has 1 aromatic rings. The van der Waals surface area contributed by atoms with Crippen LogP contribution in [0.2, 0.25) is 0 Å². The van der Waals surface area contributed by atoms with E-state index in [0.717, 1.165) is 29.6 Å². The highest BCUT2D eigenvalue weighted by molar-refractivity contribution is 7.80. The molecule has 0 saturated heterocycles. The van der Waals surface area contributed by atoms with E-state index in [1.165, 1.54) is 0 Å². The van der Waals surface area contributed by atoms with Crippen LogP contribution in [0.15, 0.2) is 18.2 Å². The standard InChI is InChI=1S/C12H12OS/c1-10-5-6-12(9-13)11(8-10)4-2-3-7-14/h5-6,8-9,14H,3,7H2,1H3. The normalized spacial score (nSPS) is 9.00. The van der Waals surface area contributed by atoms with Crippen molar-refractivity contribution in [2.45, 2.75) is 13.3 Å². The van der Waals surface area contributed by atoms with Crippen molar-refractivity contribution in [3.63, 3.8) is 0 Å². The molecular weight excluding hydrogens is 192 g/mol. The van der Waals surface area contributed by atoms with Crippen LogP contribution in [0.1, 0.15) is 27.9 Å². The third-order valence-electron chi connectivity index (χ3n) is 1.80. The lowest BCUT2D eigenvalue weighted by molar-refractivity contribution is 0.112. The van der Waals surface area contributed by atoms with E-state index >= 15 is 0 Å². The van der Waals surface area contributed by atoms with Gasteiger partial charge in [0.2, 0.25) is 0 Å². The number of carbonyl (C=O) groups excluding carboxylic acids is 1. The molecule has 0 heterocycles. The number of rotatable bonds is 2. The van der Waals surface area contributed by atoms with E-state index in [2.05, 4.69) is 24.5 Å². The smallest absolute Gasteiger partial charge is 0.151 e. The number of aryl methyl sites for hydroxylation is 1. The van der Waals surface area contributed by atoms with Crippen molar-refractivity contribution < 1.29 is 4.79 Å². The second-order valence-electron chi connectivity index (χ2n) is 2.98. The van der Waals surface area contributed by atoms with Crippen molar-refractivity contribution >= 4 is 18.9 Å². The van der Waals surface area contributed by atoms with Crippen LogP contribution in [-0.2, 0) is 0 Å². The number of hydrogen-bond acceptors (Lipinski definition) is 2. The topological polar surface area (TPSA) is 17.1 Å². The lowest BCUT2D eigenvalue weighted by Crippen LogP contribution is -1.88. The Bertz CT molecular complexity index is 385. The summed E-state index contributed by atoms with van der Waals surface area (Å²) in [6.07, 6.45) is 1.58. The number of carbonyl (C=O) groups is 1. The van der Waals surface area contributed by atoms with E-state index in [-0.39, 0.29) is 0 Å². The Morgan fingerprint density at radius 2 is 2.29 bits per heavy atom. The Labute approximate surface area is 89.9 Å². The Kier molecular flexibility index (Phi) is 4.28. The summed E-state index contributed by atoms with van der Waals surface area (Å²) in [7, 11) is 0. The second kappa shape index (κ2) is 5.51. The first kappa shape index (κ1) is 10.9. The maximum absolute atomic E-state index is 10.7. The monoisotopic (exact) mass is 204 g/mol.